The molecule has 1 saturated heterocycles. The van der Waals surface area contributed by atoms with E-state index in [2.05, 4.69) is 21.9 Å². The Morgan fingerprint density at radius 3 is 3.09 bits per heavy atom. The molecule has 2 rings (SSSR count). The summed E-state index contributed by atoms with van der Waals surface area (Å²) in [7, 11) is -3.58. The highest BCUT2D eigenvalue weighted by Crippen LogP contribution is 2.20. The topological polar surface area (TPSA) is 88.3 Å². The first-order valence-electron chi connectivity index (χ1n) is 7.89. The molecule has 2 heterocycles. The maximum atomic E-state index is 11.0. The van der Waals surface area contributed by atoms with E-state index in [0.29, 0.717) is 12.5 Å². The van der Waals surface area contributed by atoms with Gasteiger partial charge in [-0.05, 0) is 38.1 Å². The molecule has 0 aliphatic carbocycles. The Kier molecular flexibility index (Phi) is 6.76. The molecule has 1 aliphatic rings. The van der Waals surface area contributed by atoms with Crippen LogP contribution in [0.15, 0.2) is 5.38 Å². The van der Waals surface area contributed by atoms with E-state index in [9.17, 15) is 8.42 Å². The average molecular weight is 347 g/mol. The molecule has 0 bridgehead atoms. The molecule has 6 nitrogen and oxygen atoms in total. The van der Waals surface area contributed by atoms with Gasteiger partial charge >= 0.3 is 0 Å². The van der Waals surface area contributed by atoms with E-state index in [-0.39, 0.29) is 0 Å². The Labute approximate surface area is 137 Å². The summed E-state index contributed by atoms with van der Waals surface area (Å²) in [6.45, 7) is 5.42. The van der Waals surface area contributed by atoms with Crippen LogP contribution >= 0.6 is 11.3 Å². The first kappa shape index (κ1) is 17.8. The minimum Gasteiger partial charge on any atom is -0.297 e. The minimum atomic E-state index is -3.58. The first-order valence-corrected chi connectivity index (χ1v) is 10.3. The summed E-state index contributed by atoms with van der Waals surface area (Å²) in [4.78, 5) is 7.06. The lowest BCUT2D eigenvalue weighted by Gasteiger charge is -2.32. The zero-order valence-corrected chi connectivity index (χ0v) is 14.8. The molecule has 1 aliphatic heterocycles. The number of nitrogens with zero attached hydrogens (tertiary/aromatic N) is 2. The number of piperidine rings is 1. The van der Waals surface area contributed by atoms with Crippen LogP contribution in [0.4, 0.5) is 0 Å². The third-order valence-corrected chi connectivity index (χ3v) is 5.43. The van der Waals surface area contributed by atoms with Gasteiger partial charge in [0.05, 0.1) is 10.7 Å². The SMILES string of the molecule is CCCCc1nc(CN2CCC[C@H](CNS(N)(=O)=O)C2)cs1. The quantitative estimate of drug-likeness (QED) is 0.746. The van der Waals surface area contributed by atoms with E-state index in [4.69, 9.17) is 10.1 Å². The summed E-state index contributed by atoms with van der Waals surface area (Å²) < 4.78 is 24.4. The van der Waals surface area contributed by atoms with Crippen LogP contribution in [0.1, 0.15) is 43.3 Å². The summed E-state index contributed by atoms with van der Waals surface area (Å²) in [6, 6.07) is 0. The number of hydrogen-bond acceptors (Lipinski definition) is 5. The standard InChI is InChI=1S/C14H26N4O2S2/c1-2-3-6-14-17-13(11-21-14)10-18-7-4-5-12(9-18)8-16-22(15,19)20/h11-12,16H,2-10H2,1H3,(H2,15,19,20)/t12-/m1/s1. The van der Waals surface area contributed by atoms with Gasteiger partial charge in [0.1, 0.15) is 0 Å². The highest BCUT2D eigenvalue weighted by atomic mass is 32.2. The van der Waals surface area contributed by atoms with E-state index in [0.717, 1.165) is 44.6 Å². The molecule has 0 radical (unpaired) electrons. The Morgan fingerprint density at radius 2 is 2.36 bits per heavy atom. The lowest BCUT2D eigenvalue weighted by Crippen LogP contribution is -2.42. The molecule has 1 aromatic rings. The van der Waals surface area contributed by atoms with Crippen LogP contribution in [-0.2, 0) is 23.2 Å². The van der Waals surface area contributed by atoms with Gasteiger partial charge in [0.2, 0.25) is 0 Å². The maximum Gasteiger partial charge on any atom is 0.274 e. The van der Waals surface area contributed by atoms with Gasteiger partial charge < -0.3 is 0 Å². The highest BCUT2D eigenvalue weighted by molar-refractivity contribution is 7.87. The molecule has 0 spiro atoms. The fraction of sp³-hybridized carbons (Fsp3) is 0.786. The van der Waals surface area contributed by atoms with E-state index >= 15 is 0 Å². The number of rotatable bonds is 8. The number of aromatic nitrogens is 1. The smallest absolute Gasteiger partial charge is 0.274 e. The third-order valence-electron chi connectivity index (χ3n) is 3.91. The van der Waals surface area contributed by atoms with E-state index < -0.39 is 10.2 Å². The van der Waals surface area contributed by atoms with Gasteiger partial charge in [-0.1, -0.05) is 13.3 Å². The number of hydrogen-bond donors (Lipinski definition) is 2. The van der Waals surface area contributed by atoms with Crippen molar-refractivity contribution in [2.75, 3.05) is 19.6 Å². The van der Waals surface area contributed by atoms with Crippen LogP contribution in [0.25, 0.3) is 0 Å². The summed E-state index contributed by atoms with van der Waals surface area (Å²) in [5.41, 5.74) is 1.14. The van der Waals surface area contributed by atoms with Crippen molar-refractivity contribution < 1.29 is 8.42 Å². The van der Waals surface area contributed by atoms with Crippen LogP contribution in [0.5, 0.6) is 0 Å². The van der Waals surface area contributed by atoms with Gasteiger partial charge in [0, 0.05) is 25.0 Å². The molecular formula is C14H26N4O2S2. The number of nitrogens with one attached hydrogen (secondary N) is 1. The monoisotopic (exact) mass is 346 g/mol. The second kappa shape index (κ2) is 8.35. The average Bonchev–Trinajstić information content (AvgIpc) is 2.90. The zero-order chi connectivity index (χ0) is 16.0. The van der Waals surface area contributed by atoms with Crippen molar-refractivity contribution in [3.05, 3.63) is 16.1 Å². The predicted octanol–water partition coefficient (Wildman–Crippen LogP) is 1.49. The predicted molar refractivity (Wildman–Crippen MR) is 89.8 cm³/mol. The summed E-state index contributed by atoms with van der Waals surface area (Å²) >= 11 is 1.75. The third kappa shape index (κ3) is 6.29. The zero-order valence-electron chi connectivity index (χ0n) is 13.1. The van der Waals surface area contributed by atoms with Crippen molar-refractivity contribution in [1.82, 2.24) is 14.6 Å². The van der Waals surface area contributed by atoms with Crippen LogP contribution in [0, 0.1) is 5.92 Å². The molecule has 1 aromatic heterocycles. The van der Waals surface area contributed by atoms with Crippen molar-refractivity contribution in [1.29, 1.82) is 0 Å². The Balaban J connectivity index is 1.81. The number of thiazole rings is 1. The second-order valence-corrected chi connectivity index (χ2v) is 8.29. The fourth-order valence-corrected chi connectivity index (χ4v) is 4.09. The van der Waals surface area contributed by atoms with E-state index in [1.54, 1.807) is 11.3 Å². The molecule has 1 atom stereocenters. The summed E-state index contributed by atoms with van der Waals surface area (Å²) in [6.07, 6.45) is 5.58. The van der Waals surface area contributed by atoms with Crippen LogP contribution < -0.4 is 9.86 Å². The van der Waals surface area contributed by atoms with Gasteiger partial charge in [0.25, 0.3) is 10.2 Å². The summed E-state index contributed by atoms with van der Waals surface area (Å²) in [5.74, 6) is 0.324. The maximum absolute atomic E-state index is 11.0. The molecule has 0 saturated carbocycles. The first-order chi connectivity index (χ1) is 10.5. The van der Waals surface area contributed by atoms with Crippen molar-refractivity contribution in [3.63, 3.8) is 0 Å². The van der Waals surface area contributed by atoms with Crippen molar-refractivity contribution in [2.24, 2.45) is 11.1 Å². The molecule has 3 N–H and O–H groups in total. The molecule has 0 aromatic carbocycles. The Hall–Kier alpha value is -0.540. The minimum absolute atomic E-state index is 0.324. The number of unbranched alkanes of at least 4 members (excludes halogenated alkanes) is 1. The molecule has 8 heteroatoms. The van der Waals surface area contributed by atoms with Crippen LogP contribution in [0.3, 0.4) is 0 Å². The van der Waals surface area contributed by atoms with Crippen LogP contribution in [-0.4, -0.2) is 37.9 Å². The highest BCUT2D eigenvalue weighted by Gasteiger charge is 2.21. The van der Waals surface area contributed by atoms with Gasteiger partial charge in [-0.15, -0.1) is 11.3 Å². The number of nitrogens with two attached hydrogens (primary N) is 1. The number of likely N-dealkylation sites (tertiary alicyclic amines) is 1. The largest absolute Gasteiger partial charge is 0.297 e. The normalized spacial score (nSPS) is 20.4. The molecule has 126 valence electrons. The van der Waals surface area contributed by atoms with Crippen molar-refractivity contribution in [3.8, 4) is 0 Å². The number of aryl methyl sites for hydroxylation is 1. The lowest BCUT2D eigenvalue weighted by molar-refractivity contribution is 0.167. The van der Waals surface area contributed by atoms with Crippen LogP contribution in [0.2, 0.25) is 0 Å². The Bertz CT molecular complexity index is 559. The van der Waals surface area contributed by atoms with Gasteiger partial charge in [-0.2, -0.15) is 8.42 Å². The van der Waals surface area contributed by atoms with Gasteiger partial charge in [-0.3, -0.25) is 4.90 Å². The fourth-order valence-electron chi connectivity index (χ4n) is 2.79. The van der Waals surface area contributed by atoms with E-state index in [1.165, 1.54) is 17.8 Å². The second-order valence-electron chi connectivity index (χ2n) is 5.97. The Morgan fingerprint density at radius 1 is 1.55 bits per heavy atom. The molecule has 1 fully saturated rings. The molecule has 0 amide bonds. The molecular weight excluding hydrogens is 320 g/mol. The summed E-state index contributed by atoms with van der Waals surface area (Å²) in [5, 5.41) is 8.37. The van der Waals surface area contributed by atoms with Crippen molar-refractivity contribution >= 4 is 21.5 Å². The van der Waals surface area contributed by atoms with Gasteiger partial charge in [-0.25, -0.2) is 14.8 Å². The van der Waals surface area contributed by atoms with Gasteiger partial charge in [0.15, 0.2) is 0 Å². The van der Waals surface area contributed by atoms with Crippen molar-refractivity contribution in [2.45, 2.75) is 45.6 Å². The molecule has 0 unspecified atom stereocenters. The molecule has 22 heavy (non-hydrogen) atoms. The lowest BCUT2D eigenvalue weighted by atomic mass is 9.98. The van der Waals surface area contributed by atoms with E-state index in [1.807, 2.05) is 0 Å².